The van der Waals surface area contributed by atoms with Gasteiger partial charge in [0.25, 0.3) is 20.0 Å². The highest BCUT2D eigenvalue weighted by Crippen LogP contribution is 2.66. The molecule has 328 valence electrons. The van der Waals surface area contributed by atoms with Gasteiger partial charge in [-0.2, -0.15) is 0 Å². The fourth-order valence-electron chi connectivity index (χ4n) is 11.3. The summed E-state index contributed by atoms with van der Waals surface area (Å²) in [5.74, 6) is -0.0820. The van der Waals surface area contributed by atoms with Crippen molar-refractivity contribution in [2.75, 3.05) is 14.2 Å². The van der Waals surface area contributed by atoms with Crippen LogP contribution in [0, 0.1) is 23.7 Å². The highest BCUT2D eigenvalue weighted by Gasteiger charge is 2.73. The summed E-state index contributed by atoms with van der Waals surface area (Å²) in [6.07, 6.45) is 1.13. The van der Waals surface area contributed by atoms with Crippen LogP contribution in [0.3, 0.4) is 0 Å². The molecule has 0 aromatic heterocycles. The zero-order valence-corrected chi connectivity index (χ0v) is 37.7. The van der Waals surface area contributed by atoms with E-state index in [2.05, 4.69) is 38.1 Å². The van der Waals surface area contributed by atoms with E-state index < -0.39 is 31.1 Å². The van der Waals surface area contributed by atoms with Crippen molar-refractivity contribution in [3.63, 3.8) is 0 Å². The van der Waals surface area contributed by atoms with E-state index in [0.29, 0.717) is 24.3 Å². The van der Waals surface area contributed by atoms with Gasteiger partial charge in [0.2, 0.25) is 11.8 Å². The van der Waals surface area contributed by atoms with Crippen molar-refractivity contribution in [3.8, 4) is 11.5 Å². The molecule has 10 rings (SSSR count). The fraction of sp³-hybridized carbons (Fsp3) is 0.269. The lowest BCUT2D eigenvalue weighted by Gasteiger charge is -2.54. The minimum atomic E-state index is -4.04. The number of fused-ring (bicyclic) bond motifs is 2. The first-order valence-corrected chi connectivity index (χ1v) is 24.4. The van der Waals surface area contributed by atoms with Crippen LogP contribution in [0.2, 0.25) is 0 Å². The maximum Gasteiger partial charge on any atom is 0.267 e. The summed E-state index contributed by atoms with van der Waals surface area (Å²) in [7, 11) is -5.02. The second kappa shape index (κ2) is 16.4. The Kier molecular flexibility index (Phi) is 11.0. The monoisotopic (exact) mass is 894 g/mol. The molecular formula is C52H50N2O8S2. The van der Waals surface area contributed by atoms with Crippen LogP contribution in [0.1, 0.15) is 60.8 Å². The molecule has 6 aromatic rings. The number of rotatable bonds is 10. The number of hydrogen-bond donors (Lipinski definition) is 0. The van der Waals surface area contributed by atoms with Crippen molar-refractivity contribution in [3.05, 3.63) is 192 Å². The van der Waals surface area contributed by atoms with Gasteiger partial charge in [-0.15, -0.1) is 0 Å². The molecule has 2 heterocycles. The van der Waals surface area contributed by atoms with Crippen LogP contribution >= 0.6 is 0 Å². The summed E-state index contributed by atoms with van der Waals surface area (Å²) < 4.78 is 67.7. The summed E-state index contributed by atoms with van der Waals surface area (Å²) in [6.45, 7) is 4.14. The standard InChI is InChI=1S/2C26H25NO4S/c2*1-18-23(19-9-5-3-6-10-19)17-26(20-11-7-4-8-12-20)24(18)25(28)27(26)32(29,30)22-15-13-21(31-2)14-16-22/h2*3-16,18,23-24H,17H2,1-2H3/t2*18-,23-,24-,26+/m11/s1. The predicted molar refractivity (Wildman–Crippen MR) is 243 cm³/mol. The molecule has 2 amide bonds. The first kappa shape index (κ1) is 43.0. The Morgan fingerprint density at radius 1 is 0.453 bits per heavy atom. The normalized spacial score (nSPS) is 27.0. The minimum absolute atomic E-state index is 0.0208. The Labute approximate surface area is 375 Å². The first-order chi connectivity index (χ1) is 30.8. The highest BCUT2D eigenvalue weighted by atomic mass is 32.2. The van der Waals surface area contributed by atoms with Crippen molar-refractivity contribution in [1.29, 1.82) is 0 Å². The molecule has 2 saturated carbocycles. The van der Waals surface area contributed by atoms with Gasteiger partial charge < -0.3 is 9.47 Å². The van der Waals surface area contributed by atoms with E-state index in [0.717, 1.165) is 30.9 Å². The van der Waals surface area contributed by atoms with Crippen LogP contribution in [0.4, 0.5) is 0 Å². The Bertz CT molecular complexity index is 2680. The van der Waals surface area contributed by atoms with Gasteiger partial charge in [0, 0.05) is 0 Å². The molecule has 4 fully saturated rings. The number of ether oxygens (including phenoxy) is 2. The highest BCUT2D eigenvalue weighted by molar-refractivity contribution is 7.90. The van der Waals surface area contributed by atoms with Crippen LogP contribution < -0.4 is 9.47 Å². The van der Waals surface area contributed by atoms with E-state index in [-0.39, 0.29) is 57.1 Å². The molecule has 0 unspecified atom stereocenters. The van der Waals surface area contributed by atoms with Gasteiger partial charge in [-0.3, -0.25) is 9.59 Å². The molecule has 0 bridgehead atoms. The molecular weight excluding hydrogens is 845 g/mol. The van der Waals surface area contributed by atoms with Gasteiger partial charge in [0.1, 0.15) is 11.5 Å². The van der Waals surface area contributed by atoms with Gasteiger partial charge >= 0.3 is 0 Å². The number of sulfonamides is 2. The smallest absolute Gasteiger partial charge is 0.267 e. The number of nitrogens with zero attached hydrogens (tertiary/aromatic N) is 2. The van der Waals surface area contributed by atoms with E-state index in [1.807, 2.05) is 97.1 Å². The first-order valence-electron chi connectivity index (χ1n) is 21.5. The molecule has 2 aliphatic heterocycles. The number of amides is 2. The summed E-state index contributed by atoms with van der Waals surface area (Å²) in [5.41, 5.74) is 2.23. The van der Waals surface area contributed by atoms with E-state index in [9.17, 15) is 26.4 Å². The lowest BCUT2D eigenvalue weighted by atomic mass is 9.71. The molecule has 0 radical (unpaired) electrons. The number of methoxy groups -OCH3 is 2. The second-order valence-corrected chi connectivity index (χ2v) is 20.8. The summed E-state index contributed by atoms with van der Waals surface area (Å²) >= 11 is 0. The maximum absolute atomic E-state index is 13.8. The van der Waals surface area contributed by atoms with E-state index in [1.165, 1.54) is 38.5 Å². The lowest BCUT2D eigenvalue weighted by Crippen LogP contribution is -2.68. The third-order valence-electron chi connectivity index (χ3n) is 14.3. The van der Waals surface area contributed by atoms with Gasteiger partial charge in [-0.25, -0.2) is 25.4 Å². The van der Waals surface area contributed by atoms with Crippen molar-refractivity contribution in [1.82, 2.24) is 8.61 Å². The van der Waals surface area contributed by atoms with Crippen molar-refractivity contribution in [2.45, 2.75) is 59.4 Å². The van der Waals surface area contributed by atoms with Crippen LogP contribution in [0.15, 0.2) is 180 Å². The maximum atomic E-state index is 13.8. The molecule has 64 heavy (non-hydrogen) atoms. The van der Waals surface area contributed by atoms with Crippen molar-refractivity contribution < 1.29 is 35.9 Å². The average molecular weight is 895 g/mol. The molecule has 8 atom stereocenters. The Morgan fingerprint density at radius 3 is 1.05 bits per heavy atom. The van der Waals surface area contributed by atoms with Gasteiger partial charge in [0.05, 0.1) is 46.9 Å². The number of carbonyl (C=O) groups excluding carboxylic acids is 2. The van der Waals surface area contributed by atoms with Crippen LogP contribution in [0.5, 0.6) is 11.5 Å². The molecule has 2 saturated heterocycles. The number of benzene rings is 6. The van der Waals surface area contributed by atoms with E-state index >= 15 is 0 Å². The van der Waals surface area contributed by atoms with E-state index in [1.54, 1.807) is 24.3 Å². The summed E-state index contributed by atoms with van der Waals surface area (Å²) in [4.78, 5) is 27.1. The molecule has 6 aromatic carbocycles. The van der Waals surface area contributed by atoms with Gasteiger partial charge in [0.15, 0.2) is 0 Å². The lowest BCUT2D eigenvalue weighted by molar-refractivity contribution is -0.158. The van der Waals surface area contributed by atoms with Gasteiger partial charge in [-0.05, 0) is 107 Å². The third-order valence-corrected chi connectivity index (χ3v) is 18.0. The van der Waals surface area contributed by atoms with Crippen molar-refractivity contribution >= 4 is 31.9 Å². The Morgan fingerprint density at radius 2 is 0.750 bits per heavy atom. The van der Waals surface area contributed by atoms with Crippen molar-refractivity contribution in [2.24, 2.45) is 23.7 Å². The zero-order chi connectivity index (χ0) is 45.0. The SMILES string of the molecule is COc1ccc(S(=O)(=O)N2C(=O)[C@H]3[C@H](C)[C@H](c4ccccc4)C[C@]32c2ccccc2)cc1.COc1ccc(S(=O)(=O)N2C(=O)[C@H]3[C@H](C)[C@H](c4ccccc4)C[C@]32c2ccccc2)cc1. The minimum Gasteiger partial charge on any atom is -0.497 e. The largest absolute Gasteiger partial charge is 0.497 e. The number of hydrogen-bond acceptors (Lipinski definition) is 8. The fourth-order valence-corrected chi connectivity index (χ4v) is 14.8. The van der Waals surface area contributed by atoms with Crippen LogP contribution in [-0.2, 0) is 40.7 Å². The molecule has 12 heteroatoms. The quantitative estimate of drug-likeness (QED) is 0.125. The molecule has 10 nitrogen and oxygen atoms in total. The summed E-state index contributed by atoms with van der Waals surface area (Å²) in [6, 6.07) is 51.8. The molecule has 0 spiro atoms. The molecule has 0 N–H and O–H groups in total. The van der Waals surface area contributed by atoms with Crippen LogP contribution in [-0.4, -0.2) is 51.5 Å². The molecule has 4 aliphatic rings. The van der Waals surface area contributed by atoms with Crippen LogP contribution in [0.25, 0.3) is 0 Å². The summed E-state index contributed by atoms with van der Waals surface area (Å²) in [5, 5.41) is 0. The number of β-lactam (4-membered cyclic amide) rings is 2. The van der Waals surface area contributed by atoms with E-state index in [4.69, 9.17) is 9.47 Å². The zero-order valence-electron chi connectivity index (χ0n) is 36.0. The molecule has 2 aliphatic carbocycles. The van der Waals surface area contributed by atoms with Gasteiger partial charge in [-0.1, -0.05) is 135 Å². The predicted octanol–water partition coefficient (Wildman–Crippen LogP) is 9.12. The average Bonchev–Trinajstić information content (AvgIpc) is 3.74. The number of carbonyl (C=O) groups is 2. The third kappa shape index (κ3) is 6.55. The Hall–Kier alpha value is -6.24. The second-order valence-electron chi connectivity index (χ2n) is 17.3. The Balaban J connectivity index is 0.000000162. The topological polar surface area (TPSA) is 127 Å².